The molecule has 0 radical (unpaired) electrons. The van der Waals surface area contributed by atoms with Crippen LogP contribution in [0.25, 0.3) is 6.08 Å². The molecular weight excluding hydrogens is 460 g/mol. The molecule has 1 atom stereocenters. The van der Waals surface area contributed by atoms with Gasteiger partial charge >= 0.3 is 5.97 Å². The molecule has 0 bridgehead atoms. The van der Waals surface area contributed by atoms with Crippen molar-refractivity contribution in [3.05, 3.63) is 71.3 Å². The molecule has 34 heavy (non-hydrogen) atoms. The number of benzene rings is 2. The summed E-state index contributed by atoms with van der Waals surface area (Å²) in [6.45, 7) is -0.181. The van der Waals surface area contributed by atoms with Crippen LogP contribution >= 0.6 is 0 Å². The highest BCUT2D eigenvalue weighted by molar-refractivity contribution is 7.91. The number of imide groups is 1. The van der Waals surface area contributed by atoms with E-state index in [-0.39, 0.29) is 42.4 Å². The molecule has 2 aromatic carbocycles. The van der Waals surface area contributed by atoms with Crippen molar-refractivity contribution in [2.75, 3.05) is 12.4 Å². The van der Waals surface area contributed by atoms with Gasteiger partial charge in [0.2, 0.25) is 11.8 Å². The van der Waals surface area contributed by atoms with E-state index >= 15 is 0 Å². The molecule has 1 unspecified atom stereocenters. The van der Waals surface area contributed by atoms with Crippen molar-refractivity contribution in [1.82, 2.24) is 10.2 Å². The fourth-order valence-corrected chi connectivity index (χ4v) is 4.98. The fourth-order valence-electron chi connectivity index (χ4n) is 3.87. The van der Waals surface area contributed by atoms with Crippen molar-refractivity contribution in [1.29, 1.82) is 0 Å². The Morgan fingerprint density at radius 3 is 2.62 bits per heavy atom. The van der Waals surface area contributed by atoms with Crippen molar-refractivity contribution in [2.45, 2.75) is 30.3 Å². The zero-order valence-corrected chi connectivity index (χ0v) is 18.9. The Kier molecular flexibility index (Phi) is 6.60. The maximum absolute atomic E-state index is 12.9. The average molecular weight is 483 g/mol. The van der Waals surface area contributed by atoms with Crippen LogP contribution in [0.1, 0.15) is 34.3 Å². The van der Waals surface area contributed by atoms with Gasteiger partial charge in [-0.2, -0.15) is 0 Å². The van der Waals surface area contributed by atoms with E-state index in [9.17, 15) is 27.6 Å². The molecule has 10 heteroatoms. The van der Waals surface area contributed by atoms with Crippen LogP contribution in [0.4, 0.5) is 0 Å². The minimum atomic E-state index is -3.82. The van der Waals surface area contributed by atoms with Crippen molar-refractivity contribution in [2.24, 2.45) is 0 Å². The first kappa shape index (κ1) is 23.4. The summed E-state index contributed by atoms with van der Waals surface area (Å²) in [5, 5.41) is 2.23. The number of rotatable bonds is 7. The monoisotopic (exact) mass is 482 g/mol. The Hall–Kier alpha value is -3.79. The van der Waals surface area contributed by atoms with Gasteiger partial charge in [-0.3, -0.25) is 19.7 Å². The summed E-state index contributed by atoms with van der Waals surface area (Å²) in [5.41, 5.74) is 1.61. The number of carbonyl (C=O) groups is 4. The van der Waals surface area contributed by atoms with Gasteiger partial charge in [0.1, 0.15) is 12.6 Å². The quantitative estimate of drug-likeness (QED) is 0.360. The van der Waals surface area contributed by atoms with Crippen molar-refractivity contribution in [3.63, 3.8) is 0 Å². The molecule has 1 saturated heterocycles. The Morgan fingerprint density at radius 2 is 1.88 bits per heavy atom. The number of sulfone groups is 1. The van der Waals surface area contributed by atoms with Gasteiger partial charge < -0.3 is 9.64 Å². The number of hydrogen-bond acceptors (Lipinski definition) is 7. The topological polar surface area (TPSA) is 127 Å². The lowest BCUT2D eigenvalue weighted by molar-refractivity contribution is -0.138. The van der Waals surface area contributed by atoms with Crippen LogP contribution in [0.5, 0.6) is 0 Å². The summed E-state index contributed by atoms with van der Waals surface area (Å²) in [7, 11) is -3.82. The molecule has 2 aliphatic heterocycles. The third-order valence-electron chi connectivity index (χ3n) is 5.67. The fraction of sp³-hybridized carbons (Fsp3) is 0.250. The van der Waals surface area contributed by atoms with Gasteiger partial charge in [-0.1, -0.05) is 36.4 Å². The lowest BCUT2D eigenvalue weighted by atomic mass is 10.0. The smallest absolute Gasteiger partial charge is 0.330 e. The van der Waals surface area contributed by atoms with Crippen molar-refractivity contribution in [3.8, 4) is 0 Å². The van der Waals surface area contributed by atoms with Gasteiger partial charge in [0.15, 0.2) is 9.84 Å². The second kappa shape index (κ2) is 9.60. The summed E-state index contributed by atoms with van der Waals surface area (Å²) in [6.07, 6.45) is 3.14. The molecule has 2 heterocycles. The highest BCUT2D eigenvalue weighted by Gasteiger charge is 2.39. The molecule has 1 fully saturated rings. The number of nitrogens with zero attached hydrogens (tertiary/aromatic N) is 1. The maximum atomic E-state index is 12.9. The highest BCUT2D eigenvalue weighted by Crippen LogP contribution is 2.29. The molecule has 9 nitrogen and oxygen atoms in total. The first-order valence-corrected chi connectivity index (χ1v) is 12.3. The highest BCUT2D eigenvalue weighted by atomic mass is 32.2. The maximum Gasteiger partial charge on any atom is 0.330 e. The number of esters is 1. The van der Waals surface area contributed by atoms with E-state index < -0.39 is 39.4 Å². The van der Waals surface area contributed by atoms with Crippen LogP contribution in [-0.2, 0) is 35.5 Å². The van der Waals surface area contributed by atoms with Crippen LogP contribution in [-0.4, -0.2) is 55.4 Å². The standard InChI is InChI=1S/C24H22N2O7S/c27-21-10-9-20(23(29)25-21)26-15-17-7-8-18(14-19(17)24(26)30)34(31,32)13-12-33-22(28)11-6-16-4-2-1-3-5-16/h1-8,11,14,20H,9-10,12-13,15H2,(H,25,27,29). The Bertz CT molecular complexity index is 1290. The Balaban J connectivity index is 1.38. The molecule has 3 amide bonds. The summed E-state index contributed by atoms with van der Waals surface area (Å²) in [5.74, 6) is -2.48. The number of amides is 3. The van der Waals surface area contributed by atoms with E-state index in [1.54, 1.807) is 12.1 Å². The molecule has 1 N–H and O–H groups in total. The van der Waals surface area contributed by atoms with Crippen LogP contribution in [0, 0.1) is 0 Å². The molecular formula is C24H22N2O7S. The van der Waals surface area contributed by atoms with Gasteiger partial charge in [0, 0.05) is 24.6 Å². The minimum absolute atomic E-state index is 0.0689. The van der Waals surface area contributed by atoms with E-state index in [1.807, 2.05) is 30.3 Å². The van der Waals surface area contributed by atoms with Crippen LogP contribution in [0.15, 0.2) is 59.5 Å². The van der Waals surface area contributed by atoms with Crippen molar-refractivity contribution >= 4 is 39.6 Å². The molecule has 176 valence electrons. The largest absolute Gasteiger partial charge is 0.461 e. The Labute approximate surface area is 196 Å². The number of carbonyl (C=O) groups excluding carboxylic acids is 4. The lowest BCUT2D eigenvalue weighted by Gasteiger charge is -2.29. The van der Waals surface area contributed by atoms with E-state index in [2.05, 4.69) is 5.32 Å². The SMILES string of the molecule is O=C1CCC(N2Cc3ccc(S(=O)(=O)CCOC(=O)C=Cc4ccccc4)cc3C2=O)C(=O)N1. The van der Waals surface area contributed by atoms with Crippen LogP contribution in [0.3, 0.4) is 0 Å². The zero-order valence-electron chi connectivity index (χ0n) is 18.1. The third kappa shape index (κ3) is 5.07. The molecule has 0 saturated carbocycles. The lowest BCUT2D eigenvalue weighted by Crippen LogP contribution is -2.52. The van der Waals surface area contributed by atoms with Crippen LogP contribution in [0.2, 0.25) is 0 Å². The summed E-state index contributed by atoms with van der Waals surface area (Å²) >= 11 is 0. The van der Waals surface area contributed by atoms with Crippen LogP contribution < -0.4 is 5.32 Å². The number of piperidine rings is 1. The third-order valence-corrected chi connectivity index (χ3v) is 7.34. The summed E-state index contributed by atoms with van der Waals surface area (Å²) in [4.78, 5) is 49.6. The summed E-state index contributed by atoms with van der Waals surface area (Å²) < 4.78 is 30.5. The van der Waals surface area contributed by atoms with Gasteiger partial charge in [0.25, 0.3) is 5.91 Å². The molecule has 2 aromatic rings. The van der Waals surface area contributed by atoms with Gasteiger partial charge in [0.05, 0.1) is 10.6 Å². The first-order chi connectivity index (χ1) is 16.2. The molecule has 4 rings (SSSR count). The number of ether oxygens (including phenoxy) is 1. The van der Waals surface area contributed by atoms with Gasteiger partial charge in [-0.15, -0.1) is 0 Å². The summed E-state index contributed by atoms with van der Waals surface area (Å²) in [6, 6.07) is 12.6. The van der Waals surface area contributed by atoms with E-state index in [0.717, 1.165) is 5.56 Å². The molecule has 2 aliphatic rings. The van der Waals surface area contributed by atoms with Crippen molar-refractivity contribution < 1.29 is 32.3 Å². The normalized spacial score (nSPS) is 18.2. The van der Waals surface area contributed by atoms with E-state index in [0.29, 0.717) is 5.56 Å². The first-order valence-electron chi connectivity index (χ1n) is 10.6. The Morgan fingerprint density at radius 1 is 1.12 bits per heavy atom. The van der Waals surface area contributed by atoms with E-state index in [4.69, 9.17) is 4.74 Å². The van der Waals surface area contributed by atoms with Gasteiger partial charge in [-0.25, -0.2) is 13.2 Å². The predicted octanol–water partition coefficient (Wildman–Crippen LogP) is 1.48. The molecule has 0 aromatic heterocycles. The molecule has 0 aliphatic carbocycles. The zero-order chi connectivity index (χ0) is 24.3. The number of hydrogen-bond donors (Lipinski definition) is 1. The predicted molar refractivity (Wildman–Crippen MR) is 121 cm³/mol. The average Bonchev–Trinajstić information content (AvgIpc) is 3.14. The number of nitrogens with one attached hydrogen (secondary N) is 1. The van der Waals surface area contributed by atoms with Gasteiger partial charge in [-0.05, 0) is 35.8 Å². The second-order valence-electron chi connectivity index (χ2n) is 7.95. The minimum Gasteiger partial charge on any atom is -0.461 e. The van der Waals surface area contributed by atoms with E-state index in [1.165, 1.54) is 23.1 Å². The second-order valence-corrected chi connectivity index (χ2v) is 10.1. The molecule has 0 spiro atoms. The number of fused-ring (bicyclic) bond motifs is 1.